The van der Waals surface area contributed by atoms with E-state index in [9.17, 15) is 14.7 Å². The molecule has 112 valence electrons. The molecular weight excluding hydrogens is 278 g/mol. The summed E-state index contributed by atoms with van der Waals surface area (Å²) in [6.45, 7) is 1.87. The molecule has 1 saturated carbocycles. The Hall–Kier alpha value is -2.49. The molecule has 1 unspecified atom stereocenters. The van der Waals surface area contributed by atoms with Gasteiger partial charge in [-0.05, 0) is 35.7 Å². The molecule has 0 radical (unpaired) electrons. The Morgan fingerprint density at radius 2 is 2.00 bits per heavy atom. The topological polar surface area (TPSA) is 66.7 Å². The van der Waals surface area contributed by atoms with E-state index >= 15 is 0 Å². The lowest BCUT2D eigenvalue weighted by molar-refractivity contribution is -0.121. The van der Waals surface area contributed by atoms with Crippen LogP contribution in [0.15, 0.2) is 41.4 Å². The number of rotatable bonds is 2. The van der Waals surface area contributed by atoms with E-state index in [1.54, 1.807) is 12.1 Å². The van der Waals surface area contributed by atoms with Crippen LogP contribution in [-0.2, 0) is 4.79 Å². The second-order valence-corrected chi connectivity index (χ2v) is 5.66. The van der Waals surface area contributed by atoms with Crippen LogP contribution in [0, 0.1) is 5.92 Å². The van der Waals surface area contributed by atoms with E-state index in [1.807, 2.05) is 31.2 Å². The van der Waals surface area contributed by atoms with Crippen LogP contribution in [-0.4, -0.2) is 22.6 Å². The summed E-state index contributed by atoms with van der Waals surface area (Å²) < 4.78 is 0. The summed E-state index contributed by atoms with van der Waals surface area (Å²) in [6, 6.07) is 10.8. The minimum Gasteiger partial charge on any atom is -0.478 e. The quantitative estimate of drug-likeness (QED) is 0.910. The molecule has 0 heterocycles. The van der Waals surface area contributed by atoms with E-state index in [2.05, 4.69) is 4.99 Å². The number of nitrogens with zero attached hydrogens (tertiary/aromatic N) is 1. The van der Waals surface area contributed by atoms with Crippen molar-refractivity contribution < 1.29 is 14.7 Å². The Morgan fingerprint density at radius 1 is 1.23 bits per heavy atom. The Balaban J connectivity index is 2.11. The van der Waals surface area contributed by atoms with Gasteiger partial charge in [0, 0.05) is 12.1 Å². The molecular formula is C18H17NO3. The molecule has 0 saturated heterocycles. The second kappa shape index (κ2) is 5.72. The number of hydrogen-bond acceptors (Lipinski definition) is 3. The molecule has 22 heavy (non-hydrogen) atoms. The van der Waals surface area contributed by atoms with E-state index in [1.165, 1.54) is 0 Å². The van der Waals surface area contributed by atoms with Crippen LogP contribution >= 0.6 is 0 Å². The molecule has 1 fully saturated rings. The largest absolute Gasteiger partial charge is 0.478 e. The summed E-state index contributed by atoms with van der Waals surface area (Å²) in [5.41, 5.74) is 1.70. The smallest absolute Gasteiger partial charge is 0.336 e. The van der Waals surface area contributed by atoms with Crippen molar-refractivity contribution in [1.29, 1.82) is 0 Å². The minimum absolute atomic E-state index is 0.173. The molecule has 4 heteroatoms. The van der Waals surface area contributed by atoms with Crippen molar-refractivity contribution in [2.75, 3.05) is 0 Å². The fourth-order valence-electron chi connectivity index (χ4n) is 2.92. The monoisotopic (exact) mass is 295 g/mol. The third-order valence-electron chi connectivity index (χ3n) is 4.19. The van der Waals surface area contributed by atoms with Crippen molar-refractivity contribution in [2.45, 2.75) is 26.2 Å². The van der Waals surface area contributed by atoms with Crippen LogP contribution in [0.2, 0.25) is 0 Å². The van der Waals surface area contributed by atoms with Crippen LogP contribution in [0.3, 0.4) is 0 Å². The van der Waals surface area contributed by atoms with Gasteiger partial charge in [-0.2, -0.15) is 0 Å². The number of aliphatic imine (C=N–C) groups is 1. The average molecular weight is 295 g/mol. The van der Waals surface area contributed by atoms with Crippen molar-refractivity contribution in [1.82, 2.24) is 0 Å². The SMILES string of the molecule is CC1C(=O)CCCC1=Nc1cc(C(=O)O)c2ccccc2c1. The fraction of sp³-hybridized carbons (Fsp3) is 0.278. The van der Waals surface area contributed by atoms with Gasteiger partial charge in [0.25, 0.3) is 0 Å². The zero-order chi connectivity index (χ0) is 15.7. The lowest BCUT2D eigenvalue weighted by atomic mass is 9.87. The molecule has 0 spiro atoms. The number of carbonyl (C=O) groups is 2. The van der Waals surface area contributed by atoms with E-state index in [4.69, 9.17) is 0 Å². The third-order valence-corrected chi connectivity index (χ3v) is 4.19. The van der Waals surface area contributed by atoms with Crippen LogP contribution in [0.5, 0.6) is 0 Å². The number of fused-ring (bicyclic) bond motifs is 1. The highest BCUT2D eigenvalue weighted by molar-refractivity contribution is 6.09. The number of ketones is 1. The van der Waals surface area contributed by atoms with E-state index < -0.39 is 5.97 Å². The van der Waals surface area contributed by atoms with E-state index in [-0.39, 0.29) is 17.3 Å². The molecule has 0 aliphatic heterocycles. The van der Waals surface area contributed by atoms with Crippen molar-refractivity contribution in [3.05, 3.63) is 42.0 Å². The normalized spacial score (nSPS) is 20.5. The number of hydrogen-bond donors (Lipinski definition) is 1. The van der Waals surface area contributed by atoms with Crippen molar-refractivity contribution in [2.24, 2.45) is 10.9 Å². The number of carboxylic acid groups (broad SMARTS) is 1. The number of benzene rings is 2. The Kier molecular flexibility index (Phi) is 3.75. The lowest BCUT2D eigenvalue weighted by Gasteiger charge is -2.19. The van der Waals surface area contributed by atoms with Gasteiger partial charge in [0.1, 0.15) is 5.78 Å². The van der Waals surface area contributed by atoms with Gasteiger partial charge in [-0.25, -0.2) is 4.79 Å². The molecule has 4 nitrogen and oxygen atoms in total. The van der Waals surface area contributed by atoms with Gasteiger partial charge in [0.15, 0.2) is 0 Å². The lowest BCUT2D eigenvalue weighted by Crippen LogP contribution is -2.25. The highest BCUT2D eigenvalue weighted by Gasteiger charge is 2.24. The molecule has 0 bridgehead atoms. The summed E-state index contributed by atoms with van der Waals surface area (Å²) in [6.07, 6.45) is 2.22. The van der Waals surface area contributed by atoms with E-state index in [0.717, 1.165) is 23.9 Å². The third kappa shape index (κ3) is 2.64. The van der Waals surface area contributed by atoms with Gasteiger partial charge in [-0.1, -0.05) is 31.2 Å². The Morgan fingerprint density at radius 3 is 2.77 bits per heavy atom. The van der Waals surface area contributed by atoms with E-state index in [0.29, 0.717) is 17.5 Å². The Bertz CT molecular complexity index is 792. The van der Waals surface area contributed by atoms with Gasteiger partial charge in [-0.15, -0.1) is 0 Å². The zero-order valence-corrected chi connectivity index (χ0v) is 12.4. The molecule has 1 aliphatic carbocycles. The van der Waals surface area contributed by atoms with Crippen LogP contribution in [0.25, 0.3) is 10.8 Å². The first-order valence-corrected chi connectivity index (χ1v) is 7.42. The highest BCUT2D eigenvalue weighted by atomic mass is 16.4. The summed E-state index contributed by atoms with van der Waals surface area (Å²) in [5, 5.41) is 10.9. The first-order valence-electron chi connectivity index (χ1n) is 7.42. The van der Waals surface area contributed by atoms with Crippen LogP contribution < -0.4 is 0 Å². The number of aromatic carboxylic acids is 1. The maximum absolute atomic E-state index is 11.8. The summed E-state index contributed by atoms with van der Waals surface area (Å²) >= 11 is 0. The molecule has 0 amide bonds. The molecule has 3 rings (SSSR count). The fourth-order valence-corrected chi connectivity index (χ4v) is 2.92. The number of carbonyl (C=O) groups excluding carboxylic acids is 1. The molecule has 1 atom stereocenters. The minimum atomic E-state index is -0.967. The Labute approximate surface area is 128 Å². The predicted molar refractivity (Wildman–Crippen MR) is 86.0 cm³/mol. The van der Waals surface area contributed by atoms with Crippen molar-refractivity contribution in [3.8, 4) is 0 Å². The maximum atomic E-state index is 11.8. The average Bonchev–Trinajstić information content (AvgIpc) is 2.51. The molecule has 2 aromatic rings. The molecule has 0 aromatic heterocycles. The maximum Gasteiger partial charge on any atom is 0.336 e. The zero-order valence-electron chi connectivity index (χ0n) is 12.4. The van der Waals surface area contributed by atoms with Gasteiger partial charge >= 0.3 is 5.97 Å². The summed E-state index contributed by atoms with van der Waals surface area (Å²) in [5.74, 6) is -0.927. The van der Waals surface area contributed by atoms with Crippen LogP contribution in [0.4, 0.5) is 5.69 Å². The molecule has 1 aliphatic rings. The van der Waals surface area contributed by atoms with Gasteiger partial charge in [0.05, 0.1) is 17.2 Å². The number of carboxylic acids is 1. The highest BCUT2D eigenvalue weighted by Crippen LogP contribution is 2.28. The molecule has 2 aromatic carbocycles. The molecule has 1 N–H and O–H groups in total. The van der Waals surface area contributed by atoms with Crippen LogP contribution in [0.1, 0.15) is 36.5 Å². The summed E-state index contributed by atoms with van der Waals surface area (Å²) in [7, 11) is 0. The first kappa shape index (κ1) is 14.4. The predicted octanol–water partition coefficient (Wildman–Crippen LogP) is 4.00. The first-order chi connectivity index (χ1) is 10.6. The van der Waals surface area contributed by atoms with Gasteiger partial charge in [0.2, 0.25) is 0 Å². The van der Waals surface area contributed by atoms with Gasteiger partial charge in [-0.3, -0.25) is 9.79 Å². The van der Waals surface area contributed by atoms with Crippen molar-refractivity contribution >= 4 is 33.9 Å². The van der Waals surface area contributed by atoms with Gasteiger partial charge < -0.3 is 5.11 Å². The second-order valence-electron chi connectivity index (χ2n) is 5.66. The summed E-state index contributed by atoms with van der Waals surface area (Å²) in [4.78, 5) is 27.9. The number of Topliss-reactive ketones (excluding diaryl/α,β-unsaturated/α-hetero) is 1. The van der Waals surface area contributed by atoms with Crippen molar-refractivity contribution in [3.63, 3.8) is 0 Å². The standard InChI is InChI=1S/C18H17NO3/c1-11-16(7-4-8-17(11)20)19-13-9-12-5-2-3-6-14(12)15(10-13)18(21)22/h2-3,5-6,9-11H,4,7-8H2,1H3,(H,21,22).